The Hall–Kier alpha value is -2.77. The molecule has 0 saturated carbocycles. The zero-order chi connectivity index (χ0) is 15.2. The molecule has 1 N–H and O–H groups in total. The molecular weight excluding hydrogens is 274 g/mol. The van der Waals surface area contributed by atoms with Crippen LogP contribution in [0.3, 0.4) is 0 Å². The number of ether oxygens (including phenoxy) is 1. The average molecular weight is 289 g/mol. The van der Waals surface area contributed by atoms with Crippen LogP contribution in [0.5, 0.6) is 5.88 Å². The van der Waals surface area contributed by atoms with Crippen molar-refractivity contribution in [3.8, 4) is 17.3 Å². The number of methoxy groups -OCH3 is 1. The van der Waals surface area contributed by atoms with E-state index in [1.54, 1.807) is 0 Å². The predicted octanol–water partition coefficient (Wildman–Crippen LogP) is 2.28. The number of nitrogens with one attached hydrogen (secondary N) is 1. The first-order valence-corrected chi connectivity index (χ1v) is 6.41. The van der Waals surface area contributed by atoms with Crippen LogP contribution >= 0.6 is 0 Å². The van der Waals surface area contributed by atoms with E-state index in [-0.39, 0.29) is 11.6 Å². The number of aromatic nitrogens is 3. The summed E-state index contributed by atoms with van der Waals surface area (Å²) in [4.78, 5) is 23.1. The topological polar surface area (TPSA) is 103 Å². The Labute approximate surface area is 121 Å². The normalized spacial score (nSPS) is 10.2. The van der Waals surface area contributed by atoms with Gasteiger partial charge in [-0.15, -0.1) is 0 Å². The third-order valence-electron chi connectivity index (χ3n) is 2.68. The predicted molar refractivity (Wildman–Crippen MR) is 77.3 cm³/mol. The van der Waals surface area contributed by atoms with Crippen molar-refractivity contribution in [1.82, 2.24) is 15.0 Å². The highest BCUT2D eigenvalue weighted by Gasteiger charge is 2.16. The van der Waals surface area contributed by atoms with Crippen molar-refractivity contribution in [2.24, 2.45) is 0 Å². The van der Waals surface area contributed by atoms with Gasteiger partial charge in [-0.25, -0.2) is 15.0 Å². The smallest absolute Gasteiger partial charge is 0.275 e. The van der Waals surface area contributed by atoms with Crippen LogP contribution in [0, 0.1) is 10.1 Å². The summed E-state index contributed by atoms with van der Waals surface area (Å²) in [6, 6.07) is 2.74. The van der Waals surface area contributed by atoms with Gasteiger partial charge in [0.05, 0.1) is 18.1 Å². The molecule has 8 heteroatoms. The van der Waals surface area contributed by atoms with Gasteiger partial charge in [-0.2, -0.15) is 0 Å². The molecule has 0 unspecified atom stereocenters. The second-order valence-electron chi connectivity index (χ2n) is 4.19. The molecule has 0 amide bonds. The van der Waals surface area contributed by atoms with E-state index in [4.69, 9.17) is 4.74 Å². The molecule has 2 heterocycles. The first-order chi connectivity index (χ1) is 10.2. The zero-order valence-corrected chi connectivity index (χ0v) is 11.7. The maximum atomic E-state index is 11.0. The van der Waals surface area contributed by atoms with Gasteiger partial charge in [-0.05, 0) is 6.42 Å². The monoisotopic (exact) mass is 289 g/mol. The Morgan fingerprint density at radius 3 is 2.76 bits per heavy atom. The number of nitrogens with zero attached hydrogens (tertiary/aromatic N) is 4. The Bertz CT molecular complexity index is 647. The first-order valence-electron chi connectivity index (χ1n) is 6.41. The van der Waals surface area contributed by atoms with Gasteiger partial charge in [0.2, 0.25) is 5.88 Å². The number of pyridine rings is 1. The molecule has 2 rings (SSSR count). The highest BCUT2D eigenvalue weighted by atomic mass is 16.6. The van der Waals surface area contributed by atoms with E-state index in [9.17, 15) is 10.1 Å². The summed E-state index contributed by atoms with van der Waals surface area (Å²) in [7, 11) is 1.46. The minimum absolute atomic E-state index is 0.0636. The summed E-state index contributed by atoms with van der Waals surface area (Å²) in [5, 5.41) is 14.1. The first kappa shape index (κ1) is 14.6. The number of rotatable bonds is 6. The quantitative estimate of drug-likeness (QED) is 0.642. The van der Waals surface area contributed by atoms with Gasteiger partial charge < -0.3 is 10.1 Å². The molecule has 110 valence electrons. The molecule has 0 aromatic carbocycles. The summed E-state index contributed by atoms with van der Waals surface area (Å²) in [5.41, 5.74) is 0.641. The molecular formula is C13H15N5O3. The third kappa shape index (κ3) is 3.41. The summed E-state index contributed by atoms with van der Waals surface area (Å²) in [5.74, 6) is 0.695. The Kier molecular flexibility index (Phi) is 4.60. The van der Waals surface area contributed by atoms with Crippen LogP contribution in [-0.4, -0.2) is 33.5 Å². The largest absolute Gasteiger partial charge is 0.479 e. The molecule has 0 atom stereocenters. The molecule has 0 spiro atoms. The van der Waals surface area contributed by atoms with Crippen LogP contribution in [-0.2, 0) is 0 Å². The SMILES string of the molecule is CCCNc1cc([N+](=O)[O-])cc(-c2nccnc2OC)n1. The third-order valence-corrected chi connectivity index (χ3v) is 2.68. The number of hydrogen-bond acceptors (Lipinski definition) is 7. The number of hydrogen-bond donors (Lipinski definition) is 1. The summed E-state index contributed by atoms with van der Waals surface area (Å²) in [6.07, 6.45) is 3.85. The van der Waals surface area contributed by atoms with Gasteiger partial charge in [-0.3, -0.25) is 10.1 Å². The lowest BCUT2D eigenvalue weighted by Gasteiger charge is -2.08. The number of anilines is 1. The average Bonchev–Trinajstić information content (AvgIpc) is 2.52. The van der Waals surface area contributed by atoms with Gasteiger partial charge in [0.15, 0.2) is 5.69 Å². The van der Waals surface area contributed by atoms with E-state index < -0.39 is 4.92 Å². The Balaban J connectivity index is 2.51. The molecule has 2 aromatic heterocycles. The maximum absolute atomic E-state index is 11.0. The van der Waals surface area contributed by atoms with Crippen LogP contribution in [0.25, 0.3) is 11.4 Å². The van der Waals surface area contributed by atoms with Crippen LogP contribution in [0.2, 0.25) is 0 Å². The molecule has 0 aliphatic heterocycles. The lowest BCUT2D eigenvalue weighted by atomic mass is 10.2. The molecule has 0 bridgehead atoms. The summed E-state index contributed by atoms with van der Waals surface area (Å²) >= 11 is 0. The van der Waals surface area contributed by atoms with Crippen molar-refractivity contribution >= 4 is 11.5 Å². The molecule has 2 aromatic rings. The molecule has 0 saturated heterocycles. The highest BCUT2D eigenvalue weighted by molar-refractivity contribution is 5.65. The molecule has 0 radical (unpaired) electrons. The van der Waals surface area contributed by atoms with Crippen molar-refractivity contribution in [3.05, 3.63) is 34.6 Å². The van der Waals surface area contributed by atoms with E-state index in [1.807, 2.05) is 6.92 Å². The number of nitro groups is 1. The lowest BCUT2D eigenvalue weighted by molar-refractivity contribution is -0.384. The second-order valence-corrected chi connectivity index (χ2v) is 4.19. The maximum Gasteiger partial charge on any atom is 0.275 e. The Morgan fingerprint density at radius 1 is 1.33 bits per heavy atom. The van der Waals surface area contributed by atoms with E-state index in [0.717, 1.165) is 6.42 Å². The second kappa shape index (κ2) is 6.60. The van der Waals surface area contributed by atoms with E-state index >= 15 is 0 Å². The fourth-order valence-corrected chi connectivity index (χ4v) is 1.74. The van der Waals surface area contributed by atoms with Gasteiger partial charge >= 0.3 is 0 Å². The van der Waals surface area contributed by atoms with Crippen LogP contribution < -0.4 is 10.1 Å². The molecule has 0 aliphatic rings. The molecule has 0 aliphatic carbocycles. The minimum atomic E-state index is -0.467. The molecule has 21 heavy (non-hydrogen) atoms. The van der Waals surface area contributed by atoms with Crippen molar-refractivity contribution < 1.29 is 9.66 Å². The Morgan fingerprint density at radius 2 is 2.10 bits per heavy atom. The van der Waals surface area contributed by atoms with Crippen molar-refractivity contribution in [2.45, 2.75) is 13.3 Å². The van der Waals surface area contributed by atoms with Gasteiger partial charge in [0, 0.05) is 25.0 Å². The van der Waals surface area contributed by atoms with E-state index in [2.05, 4.69) is 20.3 Å². The van der Waals surface area contributed by atoms with Crippen LogP contribution in [0.4, 0.5) is 11.5 Å². The standard InChI is InChI=1S/C13H15N5O3/c1-3-4-14-11-8-9(18(19)20)7-10(17-11)12-13(21-2)16-6-5-15-12/h5-8H,3-4H2,1-2H3,(H,14,17). The van der Waals surface area contributed by atoms with Gasteiger partial charge in [-0.1, -0.05) is 6.92 Å². The fraction of sp³-hybridized carbons (Fsp3) is 0.308. The summed E-state index contributed by atoms with van der Waals surface area (Å²) in [6.45, 7) is 2.67. The van der Waals surface area contributed by atoms with Gasteiger partial charge in [0.1, 0.15) is 11.5 Å². The van der Waals surface area contributed by atoms with E-state index in [0.29, 0.717) is 23.8 Å². The van der Waals surface area contributed by atoms with Crippen molar-refractivity contribution in [2.75, 3.05) is 19.0 Å². The molecule has 0 fully saturated rings. The lowest BCUT2D eigenvalue weighted by Crippen LogP contribution is -2.04. The van der Waals surface area contributed by atoms with E-state index in [1.165, 1.54) is 31.6 Å². The van der Waals surface area contributed by atoms with Crippen molar-refractivity contribution in [3.63, 3.8) is 0 Å². The zero-order valence-electron chi connectivity index (χ0n) is 11.7. The highest BCUT2D eigenvalue weighted by Crippen LogP contribution is 2.28. The van der Waals surface area contributed by atoms with Crippen LogP contribution in [0.15, 0.2) is 24.5 Å². The van der Waals surface area contributed by atoms with Crippen molar-refractivity contribution in [1.29, 1.82) is 0 Å². The van der Waals surface area contributed by atoms with Gasteiger partial charge in [0.25, 0.3) is 5.69 Å². The fourth-order valence-electron chi connectivity index (χ4n) is 1.74. The summed E-state index contributed by atoms with van der Waals surface area (Å²) < 4.78 is 5.12. The minimum Gasteiger partial charge on any atom is -0.479 e. The molecule has 8 nitrogen and oxygen atoms in total. The van der Waals surface area contributed by atoms with Crippen LogP contribution in [0.1, 0.15) is 13.3 Å².